The maximum Gasteiger partial charge on any atom is 0.305 e. The van der Waals surface area contributed by atoms with Gasteiger partial charge in [-0.2, -0.15) is 0 Å². The Bertz CT molecular complexity index is 441. The van der Waals surface area contributed by atoms with Crippen molar-refractivity contribution in [1.29, 1.82) is 0 Å². The van der Waals surface area contributed by atoms with E-state index < -0.39 is 4.92 Å². The van der Waals surface area contributed by atoms with Crippen LogP contribution in [0.15, 0.2) is 12.4 Å². The van der Waals surface area contributed by atoms with Crippen LogP contribution in [0.5, 0.6) is 0 Å². The molecular weight excluding hydrogens is 220 g/mol. The summed E-state index contributed by atoms with van der Waals surface area (Å²) in [7, 11) is 0. The molecule has 6 nitrogen and oxygen atoms in total. The zero-order chi connectivity index (χ0) is 11.9. The van der Waals surface area contributed by atoms with Crippen molar-refractivity contribution in [2.45, 2.75) is 25.7 Å². The molecule has 0 N–H and O–H groups in total. The lowest BCUT2D eigenvalue weighted by atomic mass is 9.95. The highest BCUT2D eigenvalue weighted by molar-refractivity contribution is 5.35. The Balaban J connectivity index is 1.77. The van der Waals surface area contributed by atoms with E-state index in [4.69, 9.17) is 0 Å². The highest BCUT2D eigenvalue weighted by Gasteiger charge is 2.45. The van der Waals surface area contributed by atoms with Gasteiger partial charge in [-0.05, 0) is 31.1 Å². The molecule has 1 spiro atoms. The van der Waals surface area contributed by atoms with Gasteiger partial charge in [0.15, 0.2) is 0 Å². The molecular formula is C11H14N4O2. The van der Waals surface area contributed by atoms with Crippen LogP contribution in [0, 0.1) is 15.5 Å². The second-order valence-corrected chi connectivity index (χ2v) is 5.02. The van der Waals surface area contributed by atoms with Gasteiger partial charge in [0.2, 0.25) is 5.95 Å². The smallest absolute Gasteiger partial charge is 0.305 e. The van der Waals surface area contributed by atoms with Gasteiger partial charge in [0.05, 0.1) is 4.92 Å². The van der Waals surface area contributed by atoms with Crippen LogP contribution in [0.1, 0.15) is 25.7 Å². The standard InChI is InChI=1S/C11H14N4O2/c16-15(17)9-6-12-10(13-7-9)14-5-1-2-11(8-14)3-4-11/h6-7H,1-5,8H2. The molecule has 1 aromatic heterocycles. The molecule has 0 radical (unpaired) electrons. The number of anilines is 1. The first kappa shape index (κ1) is 10.4. The van der Waals surface area contributed by atoms with Gasteiger partial charge < -0.3 is 4.90 Å². The van der Waals surface area contributed by atoms with Crippen molar-refractivity contribution in [2.24, 2.45) is 5.41 Å². The first-order valence-electron chi connectivity index (χ1n) is 5.90. The minimum Gasteiger partial charge on any atom is -0.340 e. The number of piperidine rings is 1. The summed E-state index contributed by atoms with van der Waals surface area (Å²) < 4.78 is 0. The van der Waals surface area contributed by atoms with Gasteiger partial charge in [0.25, 0.3) is 0 Å². The lowest BCUT2D eigenvalue weighted by Crippen LogP contribution is -2.37. The van der Waals surface area contributed by atoms with E-state index in [9.17, 15) is 10.1 Å². The Hall–Kier alpha value is -1.72. The number of hydrogen-bond donors (Lipinski definition) is 0. The first-order chi connectivity index (χ1) is 8.19. The van der Waals surface area contributed by atoms with Gasteiger partial charge in [-0.25, -0.2) is 9.97 Å². The largest absolute Gasteiger partial charge is 0.340 e. The molecule has 3 rings (SSSR count). The molecule has 1 saturated heterocycles. The molecule has 1 saturated carbocycles. The van der Waals surface area contributed by atoms with E-state index in [-0.39, 0.29) is 5.69 Å². The molecule has 1 aliphatic heterocycles. The van der Waals surface area contributed by atoms with E-state index in [1.807, 2.05) is 0 Å². The van der Waals surface area contributed by atoms with E-state index in [0.717, 1.165) is 13.1 Å². The Labute approximate surface area is 98.8 Å². The molecule has 17 heavy (non-hydrogen) atoms. The predicted octanol–water partition coefficient (Wildman–Crippen LogP) is 1.77. The van der Waals surface area contributed by atoms with Crippen LogP contribution in [-0.4, -0.2) is 28.0 Å². The maximum absolute atomic E-state index is 10.5. The van der Waals surface area contributed by atoms with Gasteiger partial charge in [-0.3, -0.25) is 10.1 Å². The molecule has 0 aromatic carbocycles. The lowest BCUT2D eigenvalue weighted by Gasteiger charge is -2.32. The van der Waals surface area contributed by atoms with Crippen LogP contribution >= 0.6 is 0 Å². The van der Waals surface area contributed by atoms with Crippen LogP contribution in [0.3, 0.4) is 0 Å². The third kappa shape index (κ3) is 1.94. The highest BCUT2D eigenvalue weighted by atomic mass is 16.6. The molecule has 0 atom stereocenters. The second-order valence-electron chi connectivity index (χ2n) is 5.02. The fourth-order valence-corrected chi connectivity index (χ4v) is 2.54. The highest BCUT2D eigenvalue weighted by Crippen LogP contribution is 2.52. The van der Waals surface area contributed by atoms with Crippen LogP contribution in [0.4, 0.5) is 11.6 Å². The minimum absolute atomic E-state index is 0.0492. The van der Waals surface area contributed by atoms with Crippen LogP contribution in [-0.2, 0) is 0 Å². The molecule has 2 heterocycles. The molecule has 1 aliphatic carbocycles. The fourth-order valence-electron chi connectivity index (χ4n) is 2.54. The average Bonchev–Trinajstić information content (AvgIpc) is 3.08. The summed E-state index contributed by atoms with van der Waals surface area (Å²) in [6, 6.07) is 0. The van der Waals surface area contributed by atoms with Crippen LogP contribution in [0.2, 0.25) is 0 Å². The van der Waals surface area contributed by atoms with Crippen molar-refractivity contribution >= 4 is 11.6 Å². The fraction of sp³-hybridized carbons (Fsp3) is 0.636. The third-order valence-electron chi connectivity index (χ3n) is 3.74. The zero-order valence-corrected chi connectivity index (χ0v) is 9.50. The van der Waals surface area contributed by atoms with Gasteiger partial charge in [0.1, 0.15) is 12.4 Å². The Morgan fingerprint density at radius 3 is 2.59 bits per heavy atom. The third-order valence-corrected chi connectivity index (χ3v) is 3.74. The molecule has 0 amide bonds. The molecule has 90 valence electrons. The Morgan fingerprint density at radius 2 is 2.00 bits per heavy atom. The monoisotopic (exact) mass is 234 g/mol. The predicted molar refractivity (Wildman–Crippen MR) is 61.8 cm³/mol. The number of hydrogen-bond acceptors (Lipinski definition) is 5. The minimum atomic E-state index is -0.470. The summed E-state index contributed by atoms with van der Waals surface area (Å²) in [6.45, 7) is 1.96. The quantitative estimate of drug-likeness (QED) is 0.576. The van der Waals surface area contributed by atoms with Gasteiger partial charge in [-0.1, -0.05) is 0 Å². The molecule has 0 unspecified atom stereocenters. The van der Waals surface area contributed by atoms with Crippen molar-refractivity contribution in [2.75, 3.05) is 18.0 Å². The lowest BCUT2D eigenvalue weighted by molar-refractivity contribution is -0.385. The molecule has 2 fully saturated rings. The van der Waals surface area contributed by atoms with E-state index in [1.54, 1.807) is 0 Å². The Morgan fingerprint density at radius 1 is 1.29 bits per heavy atom. The normalized spacial score (nSPS) is 21.5. The van der Waals surface area contributed by atoms with Gasteiger partial charge in [0, 0.05) is 13.1 Å². The van der Waals surface area contributed by atoms with Gasteiger partial charge in [-0.15, -0.1) is 0 Å². The maximum atomic E-state index is 10.5. The SMILES string of the molecule is O=[N+]([O-])c1cnc(N2CCCC3(CC3)C2)nc1. The number of nitro groups is 1. The van der Waals surface area contributed by atoms with Crippen molar-refractivity contribution < 1.29 is 4.92 Å². The van der Waals surface area contributed by atoms with Crippen molar-refractivity contribution in [3.63, 3.8) is 0 Å². The molecule has 2 aliphatic rings. The van der Waals surface area contributed by atoms with Crippen LogP contribution in [0.25, 0.3) is 0 Å². The Kier molecular flexibility index (Phi) is 2.24. The zero-order valence-electron chi connectivity index (χ0n) is 9.50. The van der Waals surface area contributed by atoms with E-state index in [1.165, 1.54) is 38.1 Å². The number of nitrogens with zero attached hydrogens (tertiary/aromatic N) is 4. The summed E-state index contributed by atoms with van der Waals surface area (Å²) >= 11 is 0. The second kappa shape index (κ2) is 3.65. The van der Waals surface area contributed by atoms with Crippen molar-refractivity contribution in [1.82, 2.24) is 9.97 Å². The first-order valence-corrected chi connectivity index (χ1v) is 5.90. The van der Waals surface area contributed by atoms with Crippen molar-refractivity contribution in [3.8, 4) is 0 Å². The van der Waals surface area contributed by atoms with Crippen molar-refractivity contribution in [3.05, 3.63) is 22.5 Å². The molecule has 1 aromatic rings. The summed E-state index contributed by atoms with van der Waals surface area (Å²) in [5, 5.41) is 10.5. The molecule has 6 heteroatoms. The summed E-state index contributed by atoms with van der Waals surface area (Å²) in [6.07, 6.45) is 7.65. The number of rotatable bonds is 2. The van der Waals surface area contributed by atoms with E-state index in [0.29, 0.717) is 11.4 Å². The van der Waals surface area contributed by atoms with Crippen LogP contribution < -0.4 is 4.90 Å². The molecule has 0 bridgehead atoms. The number of aromatic nitrogens is 2. The topological polar surface area (TPSA) is 72.2 Å². The van der Waals surface area contributed by atoms with E-state index in [2.05, 4.69) is 14.9 Å². The average molecular weight is 234 g/mol. The summed E-state index contributed by atoms with van der Waals surface area (Å²) in [5.41, 5.74) is 0.454. The summed E-state index contributed by atoms with van der Waals surface area (Å²) in [4.78, 5) is 20.4. The summed E-state index contributed by atoms with van der Waals surface area (Å²) in [5.74, 6) is 0.626. The van der Waals surface area contributed by atoms with Gasteiger partial charge >= 0.3 is 5.69 Å². The van der Waals surface area contributed by atoms with E-state index >= 15 is 0 Å².